The number of hydrogen-bond acceptors (Lipinski definition) is 6. The lowest BCUT2D eigenvalue weighted by Crippen LogP contribution is -2.02. The molecule has 0 atom stereocenters. The lowest BCUT2D eigenvalue weighted by Gasteiger charge is -2.07. The molecule has 0 spiro atoms. The second-order valence-electron chi connectivity index (χ2n) is 5.04. The summed E-state index contributed by atoms with van der Waals surface area (Å²) < 4.78 is 3.20. The molecule has 4 heterocycles. The van der Waals surface area contributed by atoms with Crippen LogP contribution < -0.4 is 0 Å². The Labute approximate surface area is 141 Å². The first-order valence-corrected chi connectivity index (χ1v) is 8.78. The van der Waals surface area contributed by atoms with Gasteiger partial charge in [0.2, 0.25) is 0 Å². The van der Waals surface area contributed by atoms with Crippen molar-refractivity contribution in [1.82, 2.24) is 24.5 Å². The number of aryl methyl sites for hydroxylation is 1. The molecule has 0 saturated carbocycles. The van der Waals surface area contributed by atoms with E-state index < -0.39 is 0 Å². The van der Waals surface area contributed by atoms with Crippen molar-refractivity contribution in [2.45, 2.75) is 23.7 Å². The first-order valence-electron chi connectivity index (χ1n) is 7.09. The molecule has 0 aliphatic heterocycles. The van der Waals surface area contributed by atoms with E-state index in [1.807, 2.05) is 36.8 Å². The molecule has 5 nitrogen and oxygen atoms in total. The van der Waals surface area contributed by atoms with E-state index >= 15 is 0 Å². The molecule has 0 amide bonds. The molecule has 4 rings (SSSR count). The predicted molar refractivity (Wildman–Crippen MR) is 91.8 cm³/mol. The fourth-order valence-electron chi connectivity index (χ4n) is 2.29. The van der Waals surface area contributed by atoms with E-state index in [-0.39, 0.29) is 0 Å². The Morgan fingerprint density at radius 2 is 2.09 bits per heavy atom. The van der Waals surface area contributed by atoms with Gasteiger partial charge in [0, 0.05) is 18.6 Å². The van der Waals surface area contributed by atoms with Gasteiger partial charge in [0.1, 0.15) is 11.4 Å². The lowest BCUT2D eigenvalue weighted by atomic mass is 10.3. The Morgan fingerprint density at radius 3 is 2.96 bits per heavy atom. The van der Waals surface area contributed by atoms with Gasteiger partial charge in [0.05, 0.1) is 22.5 Å². The van der Waals surface area contributed by atoms with Crippen LogP contribution >= 0.6 is 23.1 Å². The van der Waals surface area contributed by atoms with Crippen LogP contribution in [0.3, 0.4) is 0 Å². The van der Waals surface area contributed by atoms with E-state index in [0.717, 1.165) is 26.1 Å². The van der Waals surface area contributed by atoms with Crippen LogP contribution in [0.4, 0.5) is 0 Å². The first-order chi connectivity index (χ1) is 11.3. The molecule has 4 aromatic heterocycles. The van der Waals surface area contributed by atoms with Gasteiger partial charge in [-0.25, -0.2) is 15.0 Å². The van der Waals surface area contributed by atoms with Crippen LogP contribution in [0.15, 0.2) is 58.7 Å². The van der Waals surface area contributed by atoms with Crippen LogP contribution in [0, 0.1) is 6.92 Å². The van der Waals surface area contributed by atoms with E-state index in [4.69, 9.17) is 0 Å². The lowest BCUT2D eigenvalue weighted by molar-refractivity contribution is 0.693. The van der Waals surface area contributed by atoms with Crippen molar-refractivity contribution in [3.8, 4) is 0 Å². The number of nitrogens with zero attached hydrogens (tertiary/aromatic N) is 5. The molecule has 0 bridgehead atoms. The SMILES string of the molecule is Cc1csc2c(Sc3nccn3Cc3ccccn3)ncnc12. The minimum absolute atomic E-state index is 0.695. The first kappa shape index (κ1) is 14.3. The molecule has 23 heavy (non-hydrogen) atoms. The van der Waals surface area contributed by atoms with Crippen LogP contribution in [0.5, 0.6) is 0 Å². The molecule has 0 unspecified atom stereocenters. The van der Waals surface area contributed by atoms with Gasteiger partial charge in [-0.15, -0.1) is 11.3 Å². The van der Waals surface area contributed by atoms with Gasteiger partial charge in [0.25, 0.3) is 0 Å². The zero-order valence-corrected chi connectivity index (χ0v) is 14.0. The van der Waals surface area contributed by atoms with Gasteiger partial charge in [-0.1, -0.05) is 6.07 Å². The Morgan fingerprint density at radius 1 is 1.13 bits per heavy atom. The predicted octanol–water partition coefficient (Wildman–Crippen LogP) is 3.79. The van der Waals surface area contributed by atoms with Crippen LogP contribution in [0.1, 0.15) is 11.3 Å². The monoisotopic (exact) mass is 339 g/mol. The molecule has 0 saturated heterocycles. The van der Waals surface area contributed by atoms with Crippen molar-refractivity contribution in [3.63, 3.8) is 0 Å². The van der Waals surface area contributed by atoms with Crippen molar-refractivity contribution in [1.29, 1.82) is 0 Å². The molecule has 4 aromatic rings. The van der Waals surface area contributed by atoms with Crippen molar-refractivity contribution in [3.05, 3.63) is 59.8 Å². The smallest absolute Gasteiger partial charge is 0.174 e. The summed E-state index contributed by atoms with van der Waals surface area (Å²) >= 11 is 3.24. The maximum atomic E-state index is 4.46. The molecular formula is C16H13N5S2. The Balaban J connectivity index is 1.66. The van der Waals surface area contributed by atoms with Crippen molar-refractivity contribution >= 4 is 33.3 Å². The van der Waals surface area contributed by atoms with Gasteiger partial charge < -0.3 is 4.57 Å². The average molecular weight is 339 g/mol. The van der Waals surface area contributed by atoms with Gasteiger partial charge in [0.15, 0.2) is 5.16 Å². The number of thiophene rings is 1. The number of pyridine rings is 1. The van der Waals surface area contributed by atoms with E-state index in [1.165, 1.54) is 5.56 Å². The van der Waals surface area contributed by atoms with Gasteiger partial charge in [-0.2, -0.15) is 0 Å². The van der Waals surface area contributed by atoms with Crippen LogP contribution in [0.25, 0.3) is 10.2 Å². The third-order valence-electron chi connectivity index (χ3n) is 3.42. The Kier molecular flexibility index (Phi) is 3.80. The maximum Gasteiger partial charge on any atom is 0.174 e. The van der Waals surface area contributed by atoms with E-state index in [0.29, 0.717) is 6.54 Å². The molecule has 0 N–H and O–H groups in total. The maximum absolute atomic E-state index is 4.46. The summed E-state index contributed by atoms with van der Waals surface area (Å²) in [5, 5.41) is 3.97. The molecule has 0 radical (unpaired) electrons. The summed E-state index contributed by atoms with van der Waals surface area (Å²) in [5.41, 5.74) is 3.22. The van der Waals surface area contributed by atoms with Crippen LogP contribution in [-0.2, 0) is 6.54 Å². The standard InChI is InChI=1S/C16H13N5S2/c1-11-9-22-14-13(11)19-10-20-15(14)23-16-18-6-7-21(16)8-12-4-2-3-5-17-12/h2-7,9-10H,8H2,1H3. The highest BCUT2D eigenvalue weighted by molar-refractivity contribution is 7.99. The van der Waals surface area contributed by atoms with Crippen LogP contribution in [0.2, 0.25) is 0 Å². The summed E-state index contributed by atoms with van der Waals surface area (Å²) in [6, 6.07) is 5.93. The molecule has 7 heteroatoms. The van der Waals surface area contributed by atoms with Gasteiger partial charge in [-0.3, -0.25) is 4.98 Å². The van der Waals surface area contributed by atoms with Gasteiger partial charge >= 0.3 is 0 Å². The Bertz CT molecular complexity index is 945. The fraction of sp³-hybridized carbons (Fsp3) is 0.125. The molecule has 0 fully saturated rings. The highest BCUT2D eigenvalue weighted by atomic mass is 32.2. The van der Waals surface area contributed by atoms with Crippen molar-refractivity contribution in [2.75, 3.05) is 0 Å². The minimum Gasteiger partial charge on any atom is -0.320 e. The number of fused-ring (bicyclic) bond motifs is 1. The normalized spacial score (nSPS) is 11.2. The fourth-order valence-corrected chi connectivity index (χ4v) is 4.27. The number of imidazole rings is 1. The zero-order valence-electron chi connectivity index (χ0n) is 12.4. The third kappa shape index (κ3) is 2.85. The summed E-state index contributed by atoms with van der Waals surface area (Å²) in [6.07, 6.45) is 7.20. The average Bonchev–Trinajstić information content (AvgIpc) is 3.17. The highest BCUT2D eigenvalue weighted by Gasteiger charge is 2.13. The highest BCUT2D eigenvalue weighted by Crippen LogP contribution is 2.34. The Hall–Kier alpha value is -2.25. The second kappa shape index (κ2) is 6.10. The number of hydrogen-bond donors (Lipinski definition) is 0. The van der Waals surface area contributed by atoms with Crippen molar-refractivity contribution < 1.29 is 0 Å². The minimum atomic E-state index is 0.695. The van der Waals surface area contributed by atoms with Crippen LogP contribution in [-0.4, -0.2) is 24.5 Å². The summed E-state index contributed by atoms with van der Waals surface area (Å²) in [5.74, 6) is 0. The number of aromatic nitrogens is 5. The molecule has 0 aliphatic carbocycles. The quantitative estimate of drug-likeness (QED) is 0.530. The molecule has 0 aliphatic rings. The topological polar surface area (TPSA) is 56.5 Å². The van der Waals surface area contributed by atoms with Crippen molar-refractivity contribution in [2.24, 2.45) is 0 Å². The van der Waals surface area contributed by atoms with E-state index in [9.17, 15) is 0 Å². The zero-order chi connectivity index (χ0) is 15.6. The number of rotatable bonds is 4. The summed E-state index contributed by atoms with van der Waals surface area (Å²) in [6.45, 7) is 2.77. The summed E-state index contributed by atoms with van der Waals surface area (Å²) in [4.78, 5) is 17.6. The second-order valence-corrected chi connectivity index (χ2v) is 6.87. The van der Waals surface area contributed by atoms with Gasteiger partial charge in [-0.05, 0) is 41.8 Å². The third-order valence-corrected chi connectivity index (χ3v) is 5.67. The summed E-state index contributed by atoms with van der Waals surface area (Å²) in [7, 11) is 0. The molecule has 114 valence electrons. The van der Waals surface area contributed by atoms with E-state index in [2.05, 4.69) is 36.8 Å². The largest absolute Gasteiger partial charge is 0.320 e. The molecular weight excluding hydrogens is 326 g/mol. The molecule has 0 aromatic carbocycles. The van der Waals surface area contributed by atoms with E-state index in [1.54, 1.807) is 29.4 Å².